The number of thiophene rings is 1. The van der Waals surface area contributed by atoms with E-state index < -0.39 is 15.9 Å². The number of hydrogen-bond acceptors (Lipinski definition) is 4. The van der Waals surface area contributed by atoms with Crippen molar-refractivity contribution >= 4 is 60.4 Å². The lowest BCUT2D eigenvalue weighted by molar-refractivity contribution is 0.0686. The Morgan fingerprint density at radius 3 is 2.55 bits per heavy atom. The SMILES string of the molecule is O=C(c1sc2cc(Cl)ccc2c1Cl)N(Cc1ccc(F)cc1)C1CCS(=O)(=O)C1. The summed E-state index contributed by atoms with van der Waals surface area (Å²) in [6, 6.07) is 10.6. The highest BCUT2D eigenvalue weighted by Gasteiger charge is 2.36. The second-order valence-corrected chi connectivity index (χ2v) is 11.1. The molecule has 29 heavy (non-hydrogen) atoms. The largest absolute Gasteiger partial charge is 0.330 e. The Labute approximate surface area is 181 Å². The van der Waals surface area contributed by atoms with Crippen molar-refractivity contribution in [2.24, 2.45) is 0 Å². The van der Waals surface area contributed by atoms with Crippen LogP contribution in [0.5, 0.6) is 0 Å². The monoisotopic (exact) mass is 471 g/mol. The minimum Gasteiger partial charge on any atom is -0.330 e. The van der Waals surface area contributed by atoms with Crippen molar-refractivity contribution in [2.45, 2.75) is 19.0 Å². The fourth-order valence-electron chi connectivity index (χ4n) is 3.48. The van der Waals surface area contributed by atoms with Gasteiger partial charge in [0, 0.05) is 27.7 Å². The number of nitrogens with zero attached hydrogens (tertiary/aromatic N) is 1. The average Bonchev–Trinajstić information content (AvgIpc) is 3.19. The second kappa shape index (κ2) is 7.87. The minimum absolute atomic E-state index is 0.0423. The van der Waals surface area contributed by atoms with Crippen LogP contribution < -0.4 is 0 Å². The number of hydrogen-bond donors (Lipinski definition) is 0. The standard InChI is InChI=1S/C20H16Cl2FNO3S2/c21-13-3-6-16-17(9-13)28-19(18(16)22)20(25)24(15-7-8-29(26,27)11-15)10-12-1-4-14(23)5-2-12/h1-6,9,15H,7-8,10-11H2. The van der Waals surface area contributed by atoms with Crippen LogP contribution in [0.4, 0.5) is 4.39 Å². The predicted molar refractivity (Wildman–Crippen MR) is 115 cm³/mol. The molecule has 1 fully saturated rings. The minimum atomic E-state index is -3.20. The van der Waals surface area contributed by atoms with Gasteiger partial charge in [0.15, 0.2) is 9.84 Å². The van der Waals surface area contributed by atoms with Gasteiger partial charge in [-0.05, 0) is 36.2 Å². The van der Waals surface area contributed by atoms with Crippen LogP contribution in [-0.2, 0) is 16.4 Å². The highest BCUT2D eigenvalue weighted by atomic mass is 35.5. The number of carbonyl (C=O) groups excluding carboxylic acids is 1. The Hall–Kier alpha value is -1.67. The molecule has 1 atom stereocenters. The predicted octanol–water partition coefficient (Wildman–Crippen LogP) is 5.18. The van der Waals surface area contributed by atoms with E-state index in [1.54, 1.807) is 30.3 Å². The molecule has 152 valence electrons. The molecule has 2 heterocycles. The topological polar surface area (TPSA) is 54.5 Å². The quantitative estimate of drug-likeness (QED) is 0.526. The maximum absolute atomic E-state index is 13.4. The van der Waals surface area contributed by atoms with E-state index in [0.29, 0.717) is 26.9 Å². The molecule has 1 amide bonds. The molecular weight excluding hydrogens is 456 g/mol. The van der Waals surface area contributed by atoms with Gasteiger partial charge < -0.3 is 4.90 Å². The van der Waals surface area contributed by atoms with Gasteiger partial charge in [0.2, 0.25) is 0 Å². The maximum atomic E-state index is 13.4. The van der Waals surface area contributed by atoms with Crippen LogP contribution in [0.15, 0.2) is 42.5 Å². The molecule has 4 nitrogen and oxygen atoms in total. The first-order valence-corrected chi connectivity index (χ1v) is 12.3. The number of carbonyl (C=O) groups is 1. The van der Waals surface area contributed by atoms with Gasteiger partial charge in [0.25, 0.3) is 5.91 Å². The van der Waals surface area contributed by atoms with E-state index in [1.165, 1.54) is 28.4 Å². The molecular formula is C20H16Cl2FNO3S2. The number of rotatable bonds is 4. The summed E-state index contributed by atoms with van der Waals surface area (Å²) in [4.78, 5) is 15.3. The first-order valence-electron chi connectivity index (χ1n) is 8.87. The zero-order valence-corrected chi connectivity index (χ0v) is 18.2. The summed E-state index contributed by atoms with van der Waals surface area (Å²) in [6.45, 7) is 0.171. The molecule has 4 rings (SSSR count). The Bertz CT molecular complexity index is 1190. The summed E-state index contributed by atoms with van der Waals surface area (Å²) >= 11 is 13.8. The van der Waals surface area contributed by atoms with E-state index >= 15 is 0 Å². The Kier molecular flexibility index (Phi) is 5.59. The fraction of sp³-hybridized carbons (Fsp3) is 0.250. The van der Waals surface area contributed by atoms with Gasteiger partial charge in [0.05, 0.1) is 16.5 Å². The van der Waals surface area contributed by atoms with E-state index in [4.69, 9.17) is 23.2 Å². The van der Waals surface area contributed by atoms with E-state index in [2.05, 4.69) is 0 Å². The molecule has 0 spiro atoms. The summed E-state index contributed by atoms with van der Waals surface area (Å²) < 4.78 is 38.1. The summed E-state index contributed by atoms with van der Waals surface area (Å²) in [6.07, 6.45) is 0.365. The second-order valence-electron chi connectivity index (χ2n) is 7.00. The van der Waals surface area contributed by atoms with Gasteiger partial charge in [-0.15, -0.1) is 11.3 Å². The van der Waals surface area contributed by atoms with Crippen LogP contribution in [-0.4, -0.2) is 36.8 Å². The molecule has 0 saturated carbocycles. The number of sulfone groups is 1. The lowest BCUT2D eigenvalue weighted by Crippen LogP contribution is -2.40. The van der Waals surface area contributed by atoms with E-state index in [0.717, 1.165) is 10.1 Å². The van der Waals surface area contributed by atoms with Gasteiger partial charge in [-0.25, -0.2) is 12.8 Å². The van der Waals surface area contributed by atoms with Crippen LogP contribution in [0.2, 0.25) is 10.0 Å². The van der Waals surface area contributed by atoms with Crippen molar-refractivity contribution in [3.8, 4) is 0 Å². The number of amides is 1. The highest BCUT2D eigenvalue weighted by molar-refractivity contribution is 7.91. The Balaban J connectivity index is 1.73. The molecule has 0 aliphatic carbocycles. The Morgan fingerprint density at radius 2 is 1.90 bits per heavy atom. The van der Waals surface area contributed by atoms with Crippen molar-refractivity contribution in [1.29, 1.82) is 0 Å². The van der Waals surface area contributed by atoms with Crippen LogP contribution in [0.3, 0.4) is 0 Å². The normalized spacial score (nSPS) is 18.2. The van der Waals surface area contributed by atoms with Crippen molar-refractivity contribution < 1.29 is 17.6 Å². The third-order valence-electron chi connectivity index (χ3n) is 4.96. The van der Waals surface area contributed by atoms with E-state index in [-0.39, 0.29) is 29.8 Å². The number of fused-ring (bicyclic) bond motifs is 1. The molecule has 9 heteroatoms. The van der Waals surface area contributed by atoms with Gasteiger partial charge in [-0.3, -0.25) is 4.79 Å². The average molecular weight is 472 g/mol. The Morgan fingerprint density at radius 1 is 1.17 bits per heavy atom. The van der Waals surface area contributed by atoms with Crippen molar-refractivity contribution in [3.05, 3.63) is 68.8 Å². The molecule has 1 unspecified atom stereocenters. The molecule has 1 aromatic heterocycles. The molecule has 3 aromatic rings. The van der Waals surface area contributed by atoms with Crippen molar-refractivity contribution in [3.63, 3.8) is 0 Å². The van der Waals surface area contributed by atoms with Gasteiger partial charge in [-0.1, -0.05) is 41.4 Å². The molecule has 1 saturated heterocycles. The van der Waals surface area contributed by atoms with Crippen LogP contribution in [0, 0.1) is 5.82 Å². The van der Waals surface area contributed by atoms with Crippen molar-refractivity contribution in [1.82, 2.24) is 4.90 Å². The van der Waals surface area contributed by atoms with E-state index in [1.807, 2.05) is 0 Å². The molecule has 0 radical (unpaired) electrons. The molecule has 1 aliphatic heterocycles. The summed E-state index contributed by atoms with van der Waals surface area (Å²) in [7, 11) is -3.20. The van der Waals surface area contributed by atoms with Crippen molar-refractivity contribution in [2.75, 3.05) is 11.5 Å². The first kappa shape index (κ1) is 20.6. The summed E-state index contributed by atoms with van der Waals surface area (Å²) in [5, 5.41) is 1.60. The third-order valence-corrected chi connectivity index (χ3v) is 8.59. The number of halogens is 3. The lowest BCUT2D eigenvalue weighted by Gasteiger charge is -2.28. The molecule has 2 aromatic carbocycles. The van der Waals surface area contributed by atoms with E-state index in [9.17, 15) is 17.6 Å². The van der Waals surface area contributed by atoms with Crippen LogP contribution >= 0.6 is 34.5 Å². The highest BCUT2D eigenvalue weighted by Crippen LogP contribution is 2.38. The smallest absolute Gasteiger partial charge is 0.266 e. The van der Waals surface area contributed by atoms with Gasteiger partial charge in [0.1, 0.15) is 10.7 Å². The molecule has 1 aliphatic rings. The van der Waals surface area contributed by atoms with Gasteiger partial charge >= 0.3 is 0 Å². The molecule has 0 bridgehead atoms. The van der Waals surface area contributed by atoms with Crippen LogP contribution in [0.1, 0.15) is 21.7 Å². The zero-order valence-electron chi connectivity index (χ0n) is 15.1. The lowest BCUT2D eigenvalue weighted by atomic mass is 10.1. The maximum Gasteiger partial charge on any atom is 0.266 e. The summed E-state index contributed by atoms with van der Waals surface area (Å²) in [5.41, 5.74) is 0.712. The number of benzene rings is 2. The first-order chi connectivity index (χ1) is 13.7. The van der Waals surface area contributed by atoms with Crippen LogP contribution in [0.25, 0.3) is 10.1 Å². The fourth-order valence-corrected chi connectivity index (χ4v) is 6.96. The zero-order chi connectivity index (χ0) is 20.8. The third kappa shape index (κ3) is 4.28. The summed E-state index contributed by atoms with van der Waals surface area (Å²) in [5.74, 6) is -0.757. The van der Waals surface area contributed by atoms with Gasteiger partial charge in [-0.2, -0.15) is 0 Å². The molecule has 0 N–H and O–H groups in total.